The predicted molar refractivity (Wildman–Crippen MR) is 203 cm³/mol. The number of rotatable bonds is 8. The van der Waals surface area contributed by atoms with Gasteiger partial charge in [-0.1, -0.05) is 41.6 Å². The van der Waals surface area contributed by atoms with E-state index in [0.717, 1.165) is 0 Å². The summed E-state index contributed by atoms with van der Waals surface area (Å²) in [7, 11) is -3.56. The van der Waals surface area contributed by atoms with Crippen LogP contribution in [0.1, 0.15) is 85.8 Å². The molecule has 0 spiro atoms. The van der Waals surface area contributed by atoms with E-state index in [2.05, 4.69) is 10.1 Å². The molecule has 15 heteroatoms. The predicted octanol–water partition coefficient (Wildman–Crippen LogP) is 8.69. The molecule has 0 unspecified atom stereocenters. The highest BCUT2D eigenvalue weighted by molar-refractivity contribution is 7.92. The Morgan fingerprint density at radius 2 is 1.28 bits per heavy atom. The van der Waals surface area contributed by atoms with Crippen molar-refractivity contribution in [2.24, 2.45) is 0 Å². The molecule has 0 aliphatic carbocycles. The van der Waals surface area contributed by atoms with Gasteiger partial charge in [0.15, 0.2) is 27.1 Å². The van der Waals surface area contributed by atoms with E-state index in [0.29, 0.717) is 32.2 Å². The molecule has 0 aliphatic rings. The van der Waals surface area contributed by atoms with Crippen LogP contribution in [0.25, 0.3) is 34.0 Å². The first kappa shape index (κ1) is 37.0. The Bertz CT molecular complexity index is 2170. The number of benzene rings is 2. The van der Waals surface area contributed by atoms with E-state index >= 15 is 0 Å². The van der Waals surface area contributed by atoms with Crippen molar-refractivity contribution in [3.05, 3.63) is 66.4 Å². The zero-order valence-electron chi connectivity index (χ0n) is 35.4. The Labute approximate surface area is 320 Å². The van der Waals surface area contributed by atoms with Crippen LogP contribution in [0, 0.1) is 0 Å². The average molecular weight is 767 g/mol. The fourth-order valence-corrected chi connectivity index (χ4v) is 5.73. The SMILES string of the molecule is [2H]C([2H])([2H])N(Cc1ccc(-c2cc(-c3nc(-c4ccc(S(=O)(=O)C(C)C)cc4)cnc3N(C(=O)OC(C)(C)C)C(=O)OC(C)(C)C)on2)cc1)C(=O)OC(C)(C)C. The Kier molecular flexibility index (Phi) is 10.7. The van der Waals surface area contributed by atoms with Gasteiger partial charge < -0.3 is 23.6 Å². The van der Waals surface area contributed by atoms with Gasteiger partial charge in [-0.15, -0.1) is 0 Å². The van der Waals surface area contributed by atoms with Crippen molar-refractivity contribution in [3.63, 3.8) is 0 Å². The third kappa shape index (κ3) is 10.6. The van der Waals surface area contributed by atoms with Gasteiger partial charge in [-0.3, -0.25) is 0 Å². The molecule has 4 rings (SSSR count). The van der Waals surface area contributed by atoms with Gasteiger partial charge in [0.25, 0.3) is 0 Å². The lowest BCUT2D eigenvalue weighted by Crippen LogP contribution is -2.44. The molecule has 2 aromatic carbocycles. The molecule has 4 aromatic rings. The summed E-state index contributed by atoms with van der Waals surface area (Å²) in [5.74, 6) is -0.320. The standard InChI is InChI=1S/C39H49N5O9S/c1-24(2)54(48,49)28-19-17-27(18-20-28)30-22-40-33(44(35(46)51-38(6,7)8)36(47)52-39(9,10)11)32(41-30)31-21-29(42-53-31)26-15-13-25(14-16-26)23-43(12)34(45)50-37(3,4)5/h13-22,24H,23H2,1-12H3/i12D3. The van der Waals surface area contributed by atoms with Crippen molar-refractivity contribution in [1.29, 1.82) is 0 Å². The lowest BCUT2D eigenvalue weighted by Gasteiger charge is -2.28. The number of imide groups is 1. The van der Waals surface area contributed by atoms with Crippen LogP contribution in [0.2, 0.25) is 0 Å². The number of carbonyl (C=O) groups excluding carboxylic acids is 3. The molecule has 290 valence electrons. The topological polar surface area (TPSA) is 171 Å². The largest absolute Gasteiger partial charge is 0.444 e. The van der Waals surface area contributed by atoms with Crippen molar-refractivity contribution in [1.82, 2.24) is 20.0 Å². The summed E-state index contributed by atoms with van der Waals surface area (Å²) >= 11 is 0. The second-order valence-electron chi connectivity index (χ2n) is 15.7. The summed E-state index contributed by atoms with van der Waals surface area (Å²) in [6.07, 6.45) is -1.88. The summed E-state index contributed by atoms with van der Waals surface area (Å²) in [5.41, 5.74) is -1.06. The van der Waals surface area contributed by atoms with Gasteiger partial charge in [0, 0.05) is 34.8 Å². The fourth-order valence-electron chi connectivity index (χ4n) is 4.67. The second kappa shape index (κ2) is 15.6. The minimum atomic E-state index is -3.56. The number of hydrogen-bond donors (Lipinski definition) is 0. The van der Waals surface area contributed by atoms with Gasteiger partial charge in [-0.05, 0) is 93.9 Å². The van der Waals surface area contributed by atoms with Crippen molar-refractivity contribution in [2.75, 3.05) is 11.9 Å². The maximum absolute atomic E-state index is 13.7. The zero-order chi connectivity index (χ0) is 42.9. The second-order valence-corrected chi connectivity index (χ2v) is 18.2. The molecule has 0 bridgehead atoms. The third-order valence-corrected chi connectivity index (χ3v) is 9.33. The Balaban J connectivity index is 1.81. The van der Waals surface area contributed by atoms with Crippen molar-refractivity contribution in [2.45, 2.75) is 110 Å². The van der Waals surface area contributed by atoms with Gasteiger partial charge in [0.05, 0.1) is 22.0 Å². The van der Waals surface area contributed by atoms with Crippen molar-refractivity contribution < 1.29 is 45.6 Å². The fraction of sp³-hybridized carbons (Fsp3) is 0.436. The van der Waals surface area contributed by atoms with E-state index < -0.39 is 57.1 Å². The van der Waals surface area contributed by atoms with Crippen molar-refractivity contribution in [3.8, 4) is 34.0 Å². The van der Waals surface area contributed by atoms with E-state index in [-0.39, 0.29) is 34.4 Å². The molecular formula is C39H49N5O9S. The van der Waals surface area contributed by atoms with Gasteiger partial charge in [-0.2, -0.15) is 4.90 Å². The van der Waals surface area contributed by atoms with E-state index in [1.807, 2.05) is 0 Å². The molecule has 0 atom stereocenters. The third-order valence-electron chi connectivity index (χ3n) is 7.16. The number of nitrogens with zero attached hydrogens (tertiary/aromatic N) is 5. The van der Waals surface area contributed by atoms with Gasteiger partial charge in [-0.25, -0.2) is 32.8 Å². The highest BCUT2D eigenvalue weighted by Gasteiger charge is 2.37. The van der Waals surface area contributed by atoms with Crippen LogP contribution >= 0.6 is 0 Å². The maximum atomic E-state index is 13.7. The Morgan fingerprint density at radius 1 is 0.778 bits per heavy atom. The van der Waals surface area contributed by atoms with Crippen LogP contribution in [0.5, 0.6) is 0 Å². The minimum absolute atomic E-state index is 0.0203. The van der Waals surface area contributed by atoms with Gasteiger partial charge in [0.1, 0.15) is 22.5 Å². The molecule has 14 nitrogen and oxygen atoms in total. The summed E-state index contributed by atoms with van der Waals surface area (Å²) in [6, 6.07) is 14.1. The molecule has 0 N–H and O–H groups in total. The van der Waals surface area contributed by atoms with Crippen LogP contribution in [0.15, 0.2) is 70.2 Å². The molecule has 2 heterocycles. The quantitative estimate of drug-likeness (QED) is 0.157. The number of carbonyl (C=O) groups is 3. The first-order valence-corrected chi connectivity index (χ1v) is 18.6. The highest BCUT2D eigenvalue weighted by atomic mass is 32.2. The first-order valence-electron chi connectivity index (χ1n) is 18.6. The highest BCUT2D eigenvalue weighted by Crippen LogP contribution is 2.35. The summed E-state index contributed by atoms with van der Waals surface area (Å²) in [5, 5.41) is 3.55. The van der Waals surface area contributed by atoms with Crippen LogP contribution in [-0.2, 0) is 30.6 Å². The van der Waals surface area contributed by atoms with Crippen LogP contribution in [0.3, 0.4) is 0 Å². The summed E-state index contributed by atoms with van der Waals surface area (Å²) < 4.78 is 71.4. The van der Waals surface area contributed by atoms with Gasteiger partial charge in [0.2, 0.25) is 0 Å². The van der Waals surface area contributed by atoms with Crippen LogP contribution in [-0.4, -0.2) is 75.8 Å². The van der Waals surface area contributed by atoms with E-state index in [4.69, 9.17) is 27.8 Å². The normalized spacial score (nSPS) is 13.4. The molecule has 0 saturated heterocycles. The van der Waals surface area contributed by atoms with Gasteiger partial charge >= 0.3 is 18.3 Å². The monoisotopic (exact) mass is 766 g/mol. The molecular weight excluding hydrogens is 715 g/mol. The number of ether oxygens (including phenoxy) is 3. The first-order chi connectivity index (χ1) is 26.1. The summed E-state index contributed by atoms with van der Waals surface area (Å²) in [4.78, 5) is 50.7. The number of hydrogen-bond acceptors (Lipinski definition) is 12. The maximum Gasteiger partial charge on any atom is 0.425 e. The number of amides is 3. The Hall–Kier alpha value is -5.31. The van der Waals surface area contributed by atoms with E-state index in [1.165, 1.54) is 24.4 Å². The Morgan fingerprint density at radius 3 is 1.78 bits per heavy atom. The number of sulfone groups is 1. The lowest BCUT2D eigenvalue weighted by atomic mass is 10.1. The van der Waals surface area contributed by atoms with E-state index in [1.54, 1.807) is 113 Å². The minimum Gasteiger partial charge on any atom is -0.444 e. The van der Waals surface area contributed by atoms with E-state index in [9.17, 15) is 22.8 Å². The average Bonchev–Trinajstić information content (AvgIpc) is 3.55. The molecule has 0 aliphatic heterocycles. The van der Waals surface area contributed by atoms with Crippen LogP contribution < -0.4 is 4.90 Å². The molecule has 54 heavy (non-hydrogen) atoms. The number of anilines is 1. The molecule has 0 radical (unpaired) electrons. The number of aromatic nitrogens is 3. The molecule has 0 saturated carbocycles. The summed E-state index contributed by atoms with van der Waals surface area (Å²) in [6.45, 7) is 14.8. The molecule has 0 fully saturated rings. The molecule has 2 aromatic heterocycles. The van der Waals surface area contributed by atoms with Crippen LogP contribution in [0.4, 0.5) is 20.2 Å². The zero-order valence-corrected chi connectivity index (χ0v) is 33.2. The smallest absolute Gasteiger partial charge is 0.425 e. The molecule has 3 amide bonds. The lowest BCUT2D eigenvalue weighted by molar-refractivity contribution is 0.0283. The van der Waals surface area contributed by atoms with Crippen molar-refractivity contribution >= 4 is 33.9 Å².